The molecule has 0 heterocycles. The third kappa shape index (κ3) is 3.40. The normalized spacial score (nSPS) is 9.82. The van der Waals surface area contributed by atoms with Crippen LogP contribution in [0.5, 0.6) is 0 Å². The van der Waals surface area contributed by atoms with Gasteiger partial charge in [-0.1, -0.05) is 6.07 Å². The quantitative estimate of drug-likeness (QED) is 0.736. The molecule has 0 aliphatic rings. The van der Waals surface area contributed by atoms with Gasteiger partial charge in [0.05, 0.1) is 6.54 Å². The van der Waals surface area contributed by atoms with Gasteiger partial charge in [-0.25, -0.2) is 13.6 Å². The molecule has 0 saturated heterocycles. The van der Waals surface area contributed by atoms with Crippen molar-refractivity contribution in [2.24, 2.45) is 5.73 Å². The number of halogens is 2. The Labute approximate surface area is 96.0 Å². The van der Waals surface area contributed by atoms with Gasteiger partial charge in [0.15, 0.2) is 5.82 Å². The molecule has 0 atom stereocenters. The molecule has 7 heteroatoms. The second-order valence-electron chi connectivity index (χ2n) is 3.32. The van der Waals surface area contributed by atoms with Crippen LogP contribution in [-0.4, -0.2) is 18.5 Å². The van der Waals surface area contributed by atoms with E-state index in [0.717, 1.165) is 6.07 Å². The Hall–Kier alpha value is -2.18. The standard InChI is InChI=1S/C10H11F2N3O2/c1-5-2-3-6(11)9(8(5)12)14-4-7(16)15-10(13)17/h2-3,14H,4H2,1H3,(H3,13,15,16,17). The van der Waals surface area contributed by atoms with Crippen molar-refractivity contribution in [3.05, 3.63) is 29.3 Å². The molecule has 0 aromatic heterocycles. The number of amides is 3. The predicted molar refractivity (Wildman–Crippen MR) is 57.3 cm³/mol. The first-order chi connectivity index (χ1) is 7.91. The smallest absolute Gasteiger partial charge is 0.318 e. The van der Waals surface area contributed by atoms with Crippen molar-refractivity contribution < 1.29 is 18.4 Å². The van der Waals surface area contributed by atoms with Crippen LogP contribution in [0, 0.1) is 18.6 Å². The summed E-state index contributed by atoms with van der Waals surface area (Å²) >= 11 is 0. The molecule has 1 aromatic carbocycles. The maximum absolute atomic E-state index is 13.4. The van der Waals surface area contributed by atoms with Crippen LogP contribution in [0.15, 0.2) is 12.1 Å². The van der Waals surface area contributed by atoms with E-state index in [1.165, 1.54) is 13.0 Å². The van der Waals surface area contributed by atoms with E-state index in [2.05, 4.69) is 5.32 Å². The predicted octanol–water partition coefficient (Wildman–Crippen LogP) is 0.880. The van der Waals surface area contributed by atoms with Crippen molar-refractivity contribution in [1.29, 1.82) is 0 Å². The molecule has 0 spiro atoms. The minimum absolute atomic E-state index is 0.240. The minimum Gasteiger partial charge on any atom is -0.371 e. The van der Waals surface area contributed by atoms with Crippen molar-refractivity contribution in [2.45, 2.75) is 6.92 Å². The van der Waals surface area contributed by atoms with Gasteiger partial charge in [-0.3, -0.25) is 10.1 Å². The number of hydrogen-bond donors (Lipinski definition) is 3. The van der Waals surface area contributed by atoms with E-state index in [-0.39, 0.29) is 5.56 Å². The summed E-state index contributed by atoms with van der Waals surface area (Å²) in [7, 11) is 0. The van der Waals surface area contributed by atoms with Crippen molar-refractivity contribution in [1.82, 2.24) is 5.32 Å². The molecule has 0 radical (unpaired) electrons. The first-order valence-electron chi connectivity index (χ1n) is 4.69. The maximum atomic E-state index is 13.4. The average Bonchev–Trinajstić information content (AvgIpc) is 2.23. The number of carbonyl (C=O) groups excluding carboxylic acids is 2. The molecule has 92 valence electrons. The Morgan fingerprint density at radius 3 is 2.59 bits per heavy atom. The lowest BCUT2D eigenvalue weighted by Gasteiger charge is -2.09. The molecule has 1 aromatic rings. The third-order valence-corrected chi connectivity index (χ3v) is 1.97. The molecule has 0 unspecified atom stereocenters. The first-order valence-corrected chi connectivity index (χ1v) is 4.69. The molecule has 0 aliphatic carbocycles. The molecule has 4 N–H and O–H groups in total. The van der Waals surface area contributed by atoms with Crippen molar-refractivity contribution in [3.8, 4) is 0 Å². The SMILES string of the molecule is Cc1ccc(F)c(NCC(=O)NC(N)=O)c1F. The Kier molecular flexibility index (Phi) is 3.97. The molecule has 0 bridgehead atoms. The highest BCUT2D eigenvalue weighted by Crippen LogP contribution is 2.21. The largest absolute Gasteiger partial charge is 0.371 e. The molecule has 17 heavy (non-hydrogen) atoms. The molecule has 0 fully saturated rings. The molecule has 3 amide bonds. The third-order valence-electron chi connectivity index (χ3n) is 1.97. The number of imide groups is 1. The maximum Gasteiger partial charge on any atom is 0.318 e. The van der Waals surface area contributed by atoms with Gasteiger partial charge in [-0.2, -0.15) is 0 Å². The van der Waals surface area contributed by atoms with E-state index >= 15 is 0 Å². The topological polar surface area (TPSA) is 84.2 Å². The Morgan fingerprint density at radius 2 is 2.00 bits per heavy atom. The van der Waals surface area contributed by atoms with Crippen LogP contribution in [0.3, 0.4) is 0 Å². The fourth-order valence-corrected chi connectivity index (χ4v) is 1.17. The van der Waals surface area contributed by atoms with Crippen molar-refractivity contribution >= 4 is 17.6 Å². The van der Waals surface area contributed by atoms with Crippen LogP contribution in [0.1, 0.15) is 5.56 Å². The summed E-state index contributed by atoms with van der Waals surface area (Å²) in [6.07, 6.45) is 0. The fraction of sp³-hybridized carbons (Fsp3) is 0.200. The average molecular weight is 243 g/mol. The Balaban J connectivity index is 2.73. The van der Waals surface area contributed by atoms with Gasteiger partial charge in [0.1, 0.15) is 11.5 Å². The summed E-state index contributed by atoms with van der Waals surface area (Å²) in [5.41, 5.74) is 4.53. The van der Waals surface area contributed by atoms with Crippen LogP contribution in [0.2, 0.25) is 0 Å². The zero-order chi connectivity index (χ0) is 13.0. The van der Waals surface area contributed by atoms with Crippen molar-refractivity contribution in [2.75, 3.05) is 11.9 Å². The van der Waals surface area contributed by atoms with E-state index in [0.29, 0.717) is 0 Å². The second kappa shape index (κ2) is 5.24. The summed E-state index contributed by atoms with van der Waals surface area (Å²) in [4.78, 5) is 21.3. The number of aryl methyl sites for hydroxylation is 1. The van der Waals surface area contributed by atoms with Crippen LogP contribution < -0.4 is 16.4 Å². The van der Waals surface area contributed by atoms with E-state index in [1.807, 2.05) is 0 Å². The van der Waals surface area contributed by atoms with Crippen LogP contribution in [0.25, 0.3) is 0 Å². The summed E-state index contributed by atoms with van der Waals surface area (Å²) in [5.74, 6) is -2.38. The Bertz CT molecular complexity index is 463. The van der Waals surface area contributed by atoms with Gasteiger partial charge in [0.25, 0.3) is 0 Å². The zero-order valence-corrected chi connectivity index (χ0v) is 9.01. The molecular formula is C10H11F2N3O2. The molecule has 1 rings (SSSR count). The lowest BCUT2D eigenvalue weighted by atomic mass is 10.2. The van der Waals surface area contributed by atoms with Gasteiger partial charge in [0, 0.05) is 0 Å². The number of primary amides is 1. The highest BCUT2D eigenvalue weighted by atomic mass is 19.1. The number of anilines is 1. The van der Waals surface area contributed by atoms with E-state index in [1.54, 1.807) is 5.32 Å². The molecular weight excluding hydrogens is 232 g/mol. The molecule has 0 aliphatic heterocycles. The number of nitrogens with two attached hydrogens (primary N) is 1. The molecule has 5 nitrogen and oxygen atoms in total. The second-order valence-corrected chi connectivity index (χ2v) is 3.32. The summed E-state index contributed by atoms with van der Waals surface area (Å²) in [6, 6.07) is 1.33. The number of rotatable bonds is 3. The van der Waals surface area contributed by atoms with E-state index in [4.69, 9.17) is 5.73 Å². The van der Waals surface area contributed by atoms with Gasteiger partial charge in [-0.15, -0.1) is 0 Å². The van der Waals surface area contributed by atoms with Crippen LogP contribution >= 0.6 is 0 Å². The highest BCUT2D eigenvalue weighted by molar-refractivity contribution is 5.95. The lowest BCUT2D eigenvalue weighted by molar-refractivity contribution is -0.118. The number of benzene rings is 1. The van der Waals surface area contributed by atoms with E-state index < -0.39 is 35.8 Å². The van der Waals surface area contributed by atoms with Gasteiger partial charge < -0.3 is 11.1 Å². The van der Waals surface area contributed by atoms with Crippen molar-refractivity contribution in [3.63, 3.8) is 0 Å². The van der Waals surface area contributed by atoms with Gasteiger partial charge in [-0.05, 0) is 18.6 Å². The number of hydrogen-bond acceptors (Lipinski definition) is 3. The molecule has 0 saturated carbocycles. The number of carbonyl (C=O) groups is 2. The lowest BCUT2D eigenvalue weighted by Crippen LogP contribution is -2.38. The monoisotopic (exact) mass is 243 g/mol. The summed E-state index contributed by atoms with van der Waals surface area (Å²) in [6.45, 7) is 1.00. The number of urea groups is 1. The highest BCUT2D eigenvalue weighted by Gasteiger charge is 2.12. The van der Waals surface area contributed by atoms with Crippen LogP contribution in [0.4, 0.5) is 19.3 Å². The fourth-order valence-electron chi connectivity index (χ4n) is 1.17. The summed E-state index contributed by atoms with van der Waals surface area (Å²) < 4.78 is 26.7. The minimum atomic E-state index is -1.03. The van der Waals surface area contributed by atoms with Gasteiger partial charge >= 0.3 is 6.03 Å². The number of nitrogens with one attached hydrogen (secondary N) is 2. The zero-order valence-electron chi connectivity index (χ0n) is 9.01. The van der Waals surface area contributed by atoms with E-state index in [9.17, 15) is 18.4 Å². The Morgan fingerprint density at radius 1 is 1.35 bits per heavy atom. The first kappa shape index (κ1) is 12.9. The summed E-state index contributed by atoms with van der Waals surface area (Å²) in [5, 5.41) is 4.02. The van der Waals surface area contributed by atoms with Crippen LogP contribution in [-0.2, 0) is 4.79 Å². The van der Waals surface area contributed by atoms with Gasteiger partial charge in [0.2, 0.25) is 5.91 Å².